The topological polar surface area (TPSA) is 127 Å². The molecule has 0 radical (unpaired) electrons. The SMILES string of the molecule is CCC(C)(CCC(C)C(=O)OCC[N+](C)(C)CCC(=O)O)C(=O)OCC[N+](C)(C)CCC(=O)O. The van der Waals surface area contributed by atoms with Crippen LogP contribution < -0.4 is 0 Å². The Hall–Kier alpha value is -2.20. The standard InChI is InChI=1S/C24H44N2O8/c1-8-24(3,23(32)34-18-16-26(6,7)14-11-21(29)30)12-9-19(2)22(31)33-17-15-25(4,5)13-10-20(27)28/h19H,8-18H2,1-7H3/p+2. The first kappa shape index (κ1) is 31.8. The third kappa shape index (κ3) is 13.5. The van der Waals surface area contributed by atoms with Gasteiger partial charge in [-0.05, 0) is 26.2 Å². The molecule has 2 unspecified atom stereocenters. The van der Waals surface area contributed by atoms with Crippen LogP contribution in [0.4, 0.5) is 0 Å². The second-order valence-electron chi connectivity index (χ2n) is 10.7. The van der Waals surface area contributed by atoms with Crippen LogP contribution in [-0.4, -0.2) is 111 Å². The van der Waals surface area contributed by atoms with E-state index in [1.54, 1.807) is 6.92 Å². The van der Waals surface area contributed by atoms with Crippen molar-refractivity contribution >= 4 is 23.9 Å². The van der Waals surface area contributed by atoms with Gasteiger partial charge in [0.25, 0.3) is 0 Å². The summed E-state index contributed by atoms with van der Waals surface area (Å²) >= 11 is 0. The molecule has 10 heteroatoms. The number of hydrogen-bond donors (Lipinski definition) is 2. The number of quaternary nitrogens is 2. The Labute approximate surface area is 204 Å². The minimum Gasteiger partial charge on any atom is -0.481 e. The van der Waals surface area contributed by atoms with Crippen molar-refractivity contribution in [1.82, 2.24) is 0 Å². The molecule has 0 spiro atoms. The number of esters is 2. The van der Waals surface area contributed by atoms with Gasteiger partial charge in [-0.3, -0.25) is 19.2 Å². The Kier molecular flexibility index (Phi) is 13.3. The summed E-state index contributed by atoms with van der Waals surface area (Å²) in [4.78, 5) is 46.6. The predicted molar refractivity (Wildman–Crippen MR) is 127 cm³/mol. The first-order chi connectivity index (χ1) is 15.5. The molecule has 0 aromatic carbocycles. The van der Waals surface area contributed by atoms with E-state index < -0.39 is 17.4 Å². The quantitative estimate of drug-likeness (QED) is 0.221. The molecule has 0 fully saturated rings. The Bertz CT molecular complexity index is 692. The van der Waals surface area contributed by atoms with Crippen LogP contribution in [0, 0.1) is 11.3 Å². The maximum atomic E-state index is 12.7. The van der Waals surface area contributed by atoms with Gasteiger partial charge >= 0.3 is 23.9 Å². The van der Waals surface area contributed by atoms with Crippen molar-refractivity contribution in [2.75, 3.05) is 67.6 Å². The minimum absolute atomic E-state index is 0.0560. The van der Waals surface area contributed by atoms with Crippen LogP contribution in [0.2, 0.25) is 0 Å². The van der Waals surface area contributed by atoms with Crippen molar-refractivity contribution < 1.29 is 47.8 Å². The number of rotatable bonds is 18. The Balaban J connectivity index is 4.53. The molecular weight excluding hydrogens is 444 g/mol. The van der Waals surface area contributed by atoms with E-state index in [0.717, 1.165) is 0 Å². The molecule has 0 amide bonds. The minimum atomic E-state index is -0.852. The molecule has 0 bridgehead atoms. The summed E-state index contributed by atoms with van der Waals surface area (Å²) in [6.45, 7) is 7.87. The number of carboxylic acid groups (broad SMARTS) is 2. The van der Waals surface area contributed by atoms with Crippen molar-refractivity contribution in [2.24, 2.45) is 11.3 Å². The highest BCUT2D eigenvalue weighted by atomic mass is 16.5. The largest absolute Gasteiger partial charge is 0.481 e. The number of carbonyl (C=O) groups is 4. The number of nitrogens with zero attached hydrogens (tertiary/aromatic N) is 2. The Morgan fingerprint density at radius 1 is 0.824 bits per heavy atom. The van der Waals surface area contributed by atoms with Crippen LogP contribution in [0.15, 0.2) is 0 Å². The molecule has 0 rings (SSSR count). The van der Waals surface area contributed by atoms with Gasteiger partial charge in [0.15, 0.2) is 0 Å². The number of carboxylic acids is 2. The number of aliphatic carboxylic acids is 2. The smallest absolute Gasteiger partial charge is 0.311 e. The molecule has 0 aromatic heterocycles. The molecule has 0 aliphatic heterocycles. The lowest BCUT2D eigenvalue weighted by atomic mass is 9.81. The molecule has 34 heavy (non-hydrogen) atoms. The Morgan fingerprint density at radius 3 is 1.68 bits per heavy atom. The van der Waals surface area contributed by atoms with Gasteiger partial charge in [-0.25, -0.2) is 0 Å². The highest BCUT2D eigenvalue weighted by molar-refractivity contribution is 5.76. The first-order valence-corrected chi connectivity index (χ1v) is 11.9. The molecule has 2 N–H and O–H groups in total. The molecule has 10 nitrogen and oxygen atoms in total. The summed E-state index contributed by atoms with van der Waals surface area (Å²) < 4.78 is 11.8. The number of ether oxygens (including phenoxy) is 2. The Morgan fingerprint density at radius 2 is 1.26 bits per heavy atom. The van der Waals surface area contributed by atoms with E-state index in [2.05, 4.69) is 0 Å². The van der Waals surface area contributed by atoms with Crippen LogP contribution in [0.1, 0.15) is 52.9 Å². The molecular formula is C24H46N2O8+2. The summed E-state index contributed by atoms with van der Waals surface area (Å²) in [6, 6.07) is 0. The number of likely N-dealkylation sites (N-methyl/N-ethyl adjacent to an activating group) is 2. The maximum Gasteiger partial charge on any atom is 0.311 e. The molecule has 0 aliphatic rings. The molecule has 198 valence electrons. The van der Waals surface area contributed by atoms with Crippen molar-refractivity contribution in [3.8, 4) is 0 Å². The second-order valence-corrected chi connectivity index (χ2v) is 10.7. The fourth-order valence-electron chi connectivity index (χ4n) is 3.19. The number of hydrogen-bond acceptors (Lipinski definition) is 6. The monoisotopic (exact) mass is 490 g/mol. The van der Waals surface area contributed by atoms with Crippen molar-refractivity contribution in [1.29, 1.82) is 0 Å². The third-order valence-electron chi connectivity index (χ3n) is 6.54. The lowest BCUT2D eigenvalue weighted by Gasteiger charge is -2.31. The molecule has 0 saturated carbocycles. The highest BCUT2D eigenvalue weighted by Crippen LogP contribution is 2.31. The summed E-state index contributed by atoms with van der Waals surface area (Å²) in [5.41, 5.74) is -0.720. The summed E-state index contributed by atoms with van der Waals surface area (Å²) in [5.74, 6) is -2.72. The summed E-state index contributed by atoms with van der Waals surface area (Å²) in [6.07, 6.45) is 1.65. The lowest BCUT2D eigenvalue weighted by Crippen LogP contribution is -2.44. The van der Waals surface area contributed by atoms with E-state index in [1.807, 2.05) is 42.0 Å². The van der Waals surface area contributed by atoms with Crippen LogP contribution in [0.3, 0.4) is 0 Å². The lowest BCUT2D eigenvalue weighted by molar-refractivity contribution is -0.889. The van der Waals surface area contributed by atoms with E-state index in [1.165, 1.54) is 0 Å². The van der Waals surface area contributed by atoms with Crippen molar-refractivity contribution in [3.05, 3.63) is 0 Å². The van der Waals surface area contributed by atoms with Crippen molar-refractivity contribution in [2.45, 2.75) is 52.9 Å². The molecule has 0 aliphatic carbocycles. The first-order valence-electron chi connectivity index (χ1n) is 11.9. The van der Waals surface area contributed by atoms with Crippen LogP contribution in [0.25, 0.3) is 0 Å². The van der Waals surface area contributed by atoms with Crippen LogP contribution >= 0.6 is 0 Å². The van der Waals surface area contributed by atoms with Gasteiger partial charge in [-0.2, -0.15) is 0 Å². The fourth-order valence-corrected chi connectivity index (χ4v) is 3.19. The number of carbonyl (C=O) groups excluding carboxylic acids is 2. The van der Waals surface area contributed by atoms with E-state index in [4.69, 9.17) is 19.7 Å². The summed E-state index contributed by atoms with van der Waals surface area (Å²) in [7, 11) is 7.58. The van der Waals surface area contributed by atoms with Gasteiger partial charge in [-0.1, -0.05) is 13.8 Å². The van der Waals surface area contributed by atoms with Gasteiger partial charge in [0.1, 0.15) is 26.3 Å². The zero-order valence-electron chi connectivity index (χ0n) is 22.1. The third-order valence-corrected chi connectivity index (χ3v) is 6.54. The highest BCUT2D eigenvalue weighted by Gasteiger charge is 2.34. The average molecular weight is 491 g/mol. The van der Waals surface area contributed by atoms with Gasteiger partial charge in [0.2, 0.25) is 0 Å². The van der Waals surface area contributed by atoms with E-state index in [0.29, 0.717) is 54.4 Å². The van der Waals surface area contributed by atoms with E-state index in [-0.39, 0.29) is 43.9 Å². The zero-order chi connectivity index (χ0) is 26.6. The molecule has 0 heterocycles. The molecule has 2 atom stereocenters. The zero-order valence-corrected chi connectivity index (χ0v) is 22.1. The second kappa shape index (κ2) is 14.3. The molecule has 0 aromatic rings. The van der Waals surface area contributed by atoms with Gasteiger partial charge in [-0.15, -0.1) is 0 Å². The normalized spacial score (nSPS) is 14.7. The van der Waals surface area contributed by atoms with E-state index in [9.17, 15) is 19.2 Å². The van der Waals surface area contributed by atoms with Crippen LogP contribution in [0.5, 0.6) is 0 Å². The molecule has 0 saturated heterocycles. The summed E-state index contributed by atoms with van der Waals surface area (Å²) in [5, 5.41) is 17.7. The average Bonchev–Trinajstić information content (AvgIpc) is 2.74. The fraction of sp³-hybridized carbons (Fsp3) is 0.833. The van der Waals surface area contributed by atoms with Gasteiger partial charge in [0, 0.05) is 0 Å². The van der Waals surface area contributed by atoms with Crippen LogP contribution in [-0.2, 0) is 28.7 Å². The van der Waals surface area contributed by atoms with E-state index >= 15 is 0 Å². The predicted octanol–water partition coefficient (Wildman–Crippen LogP) is 2.01. The van der Waals surface area contributed by atoms with Gasteiger partial charge < -0.3 is 28.7 Å². The van der Waals surface area contributed by atoms with Crippen molar-refractivity contribution in [3.63, 3.8) is 0 Å². The maximum absolute atomic E-state index is 12.7. The van der Waals surface area contributed by atoms with Gasteiger partial charge in [0.05, 0.1) is 65.5 Å².